The van der Waals surface area contributed by atoms with E-state index in [-0.39, 0.29) is 0 Å². The molecule has 0 radical (unpaired) electrons. The highest BCUT2D eigenvalue weighted by atomic mass is 35.5. The molecule has 2 aromatic carbocycles. The van der Waals surface area contributed by atoms with E-state index in [2.05, 4.69) is 29.6 Å². The van der Waals surface area contributed by atoms with Gasteiger partial charge in [-0.15, -0.1) is 0 Å². The first-order valence-corrected chi connectivity index (χ1v) is 6.79. The number of benzene rings is 2. The van der Waals surface area contributed by atoms with Crippen molar-refractivity contribution >= 4 is 17.3 Å². The molecule has 0 heterocycles. The Morgan fingerprint density at radius 2 is 1.89 bits per heavy atom. The van der Waals surface area contributed by atoms with Crippen LogP contribution >= 0.6 is 11.6 Å². The van der Waals surface area contributed by atoms with E-state index in [1.807, 2.05) is 24.3 Å². The van der Waals surface area contributed by atoms with Crippen molar-refractivity contribution in [3.8, 4) is 5.75 Å². The van der Waals surface area contributed by atoms with Crippen LogP contribution in [0.2, 0.25) is 5.02 Å². The van der Waals surface area contributed by atoms with Crippen LogP contribution in [-0.2, 0) is 6.42 Å². The van der Waals surface area contributed by atoms with E-state index < -0.39 is 0 Å². The van der Waals surface area contributed by atoms with Gasteiger partial charge in [-0.05, 0) is 36.6 Å². The molecule has 0 spiro atoms. The molecule has 19 heavy (non-hydrogen) atoms. The average molecular weight is 276 g/mol. The van der Waals surface area contributed by atoms with Crippen molar-refractivity contribution in [1.29, 1.82) is 0 Å². The van der Waals surface area contributed by atoms with Crippen LogP contribution in [0.5, 0.6) is 5.75 Å². The van der Waals surface area contributed by atoms with Crippen molar-refractivity contribution in [3.63, 3.8) is 0 Å². The van der Waals surface area contributed by atoms with Gasteiger partial charge in [0.05, 0.1) is 12.1 Å². The lowest BCUT2D eigenvalue weighted by atomic mass is 10.1. The van der Waals surface area contributed by atoms with Gasteiger partial charge in [-0.1, -0.05) is 41.9 Å². The molecule has 0 aliphatic rings. The lowest BCUT2D eigenvalue weighted by molar-refractivity contribution is 0.415. The van der Waals surface area contributed by atoms with E-state index in [9.17, 15) is 0 Å². The van der Waals surface area contributed by atoms with Gasteiger partial charge >= 0.3 is 0 Å². The summed E-state index contributed by atoms with van der Waals surface area (Å²) in [5.74, 6) is 0.705. The largest absolute Gasteiger partial charge is 0.495 e. The first kappa shape index (κ1) is 13.8. The number of aryl methyl sites for hydroxylation is 1. The van der Waals surface area contributed by atoms with E-state index in [0.717, 1.165) is 25.1 Å². The molecule has 0 aliphatic heterocycles. The SMILES string of the molecule is COc1ccc(NCCCc2ccccc2)cc1Cl. The maximum atomic E-state index is 6.07. The second-order valence-corrected chi connectivity index (χ2v) is 4.77. The van der Waals surface area contributed by atoms with Gasteiger partial charge in [0.15, 0.2) is 0 Å². The minimum atomic E-state index is 0.635. The lowest BCUT2D eigenvalue weighted by Gasteiger charge is -2.09. The summed E-state index contributed by atoms with van der Waals surface area (Å²) in [7, 11) is 1.62. The quantitative estimate of drug-likeness (QED) is 0.789. The summed E-state index contributed by atoms with van der Waals surface area (Å²) >= 11 is 6.07. The molecule has 2 aromatic rings. The van der Waals surface area contributed by atoms with Crippen LogP contribution in [0.3, 0.4) is 0 Å². The molecule has 0 bridgehead atoms. The van der Waals surface area contributed by atoms with Crippen molar-refractivity contribution in [2.24, 2.45) is 0 Å². The molecule has 0 amide bonds. The third-order valence-electron chi connectivity index (χ3n) is 2.97. The van der Waals surface area contributed by atoms with Gasteiger partial charge < -0.3 is 10.1 Å². The summed E-state index contributed by atoms with van der Waals surface area (Å²) in [4.78, 5) is 0. The van der Waals surface area contributed by atoms with Crippen molar-refractivity contribution in [2.75, 3.05) is 19.0 Å². The lowest BCUT2D eigenvalue weighted by Crippen LogP contribution is -2.03. The van der Waals surface area contributed by atoms with E-state index >= 15 is 0 Å². The van der Waals surface area contributed by atoms with Crippen LogP contribution < -0.4 is 10.1 Å². The van der Waals surface area contributed by atoms with Gasteiger partial charge in [-0.3, -0.25) is 0 Å². The molecule has 0 unspecified atom stereocenters. The predicted octanol–water partition coefficient (Wildman–Crippen LogP) is 4.39. The van der Waals surface area contributed by atoms with E-state index in [0.29, 0.717) is 10.8 Å². The Morgan fingerprint density at radius 1 is 1.11 bits per heavy atom. The first-order valence-electron chi connectivity index (χ1n) is 6.41. The highest BCUT2D eigenvalue weighted by molar-refractivity contribution is 6.32. The zero-order valence-electron chi connectivity index (χ0n) is 11.0. The normalized spacial score (nSPS) is 10.2. The summed E-state index contributed by atoms with van der Waals surface area (Å²) in [6.45, 7) is 0.928. The van der Waals surface area contributed by atoms with Crippen LogP contribution in [0.25, 0.3) is 0 Å². The predicted molar refractivity (Wildman–Crippen MR) is 81.3 cm³/mol. The Kier molecular flexibility index (Phi) is 5.10. The van der Waals surface area contributed by atoms with E-state index in [4.69, 9.17) is 16.3 Å². The summed E-state index contributed by atoms with van der Waals surface area (Å²) in [6, 6.07) is 16.3. The Labute approximate surface area is 119 Å². The third-order valence-corrected chi connectivity index (χ3v) is 3.26. The van der Waals surface area contributed by atoms with Crippen molar-refractivity contribution in [2.45, 2.75) is 12.8 Å². The smallest absolute Gasteiger partial charge is 0.137 e. The highest BCUT2D eigenvalue weighted by Crippen LogP contribution is 2.27. The number of hydrogen-bond acceptors (Lipinski definition) is 2. The van der Waals surface area contributed by atoms with Crippen molar-refractivity contribution in [1.82, 2.24) is 0 Å². The molecular weight excluding hydrogens is 258 g/mol. The summed E-state index contributed by atoms with van der Waals surface area (Å²) in [5.41, 5.74) is 2.40. The van der Waals surface area contributed by atoms with E-state index in [1.54, 1.807) is 7.11 Å². The summed E-state index contributed by atoms with van der Waals surface area (Å²) in [5, 5.41) is 4.00. The van der Waals surface area contributed by atoms with Gasteiger partial charge in [-0.25, -0.2) is 0 Å². The molecule has 2 nitrogen and oxygen atoms in total. The fraction of sp³-hybridized carbons (Fsp3) is 0.250. The maximum Gasteiger partial charge on any atom is 0.137 e. The molecule has 0 fully saturated rings. The molecule has 0 saturated carbocycles. The fourth-order valence-electron chi connectivity index (χ4n) is 1.95. The number of halogens is 1. The monoisotopic (exact) mass is 275 g/mol. The standard InChI is InChI=1S/C16H18ClNO/c1-19-16-10-9-14(12-15(16)17)18-11-5-8-13-6-3-2-4-7-13/h2-4,6-7,9-10,12,18H,5,8,11H2,1H3. The van der Waals surface area contributed by atoms with Crippen LogP contribution in [-0.4, -0.2) is 13.7 Å². The Morgan fingerprint density at radius 3 is 2.58 bits per heavy atom. The topological polar surface area (TPSA) is 21.3 Å². The van der Waals surface area contributed by atoms with Crippen LogP contribution in [0.4, 0.5) is 5.69 Å². The maximum absolute atomic E-state index is 6.07. The van der Waals surface area contributed by atoms with Crippen LogP contribution in [0.15, 0.2) is 48.5 Å². The third kappa shape index (κ3) is 4.18. The second kappa shape index (κ2) is 7.05. The van der Waals surface area contributed by atoms with Gasteiger partial charge in [0.25, 0.3) is 0 Å². The van der Waals surface area contributed by atoms with Gasteiger partial charge in [0, 0.05) is 12.2 Å². The zero-order chi connectivity index (χ0) is 13.5. The Balaban J connectivity index is 1.78. The highest BCUT2D eigenvalue weighted by Gasteiger charge is 2.01. The number of methoxy groups -OCH3 is 1. The van der Waals surface area contributed by atoms with Gasteiger partial charge in [0.1, 0.15) is 5.75 Å². The van der Waals surface area contributed by atoms with Crippen molar-refractivity contribution in [3.05, 3.63) is 59.1 Å². The molecule has 0 aliphatic carbocycles. The van der Waals surface area contributed by atoms with Crippen molar-refractivity contribution < 1.29 is 4.74 Å². The number of nitrogens with one attached hydrogen (secondary N) is 1. The fourth-order valence-corrected chi connectivity index (χ4v) is 2.20. The molecular formula is C16H18ClNO. The molecule has 1 N–H and O–H groups in total. The Hall–Kier alpha value is -1.67. The molecule has 0 atom stereocenters. The van der Waals surface area contributed by atoms with Gasteiger partial charge in [-0.2, -0.15) is 0 Å². The number of ether oxygens (including phenoxy) is 1. The van der Waals surface area contributed by atoms with E-state index in [1.165, 1.54) is 5.56 Å². The summed E-state index contributed by atoms with van der Waals surface area (Å²) in [6.07, 6.45) is 2.17. The average Bonchev–Trinajstić information content (AvgIpc) is 2.45. The molecule has 2 rings (SSSR count). The Bertz CT molecular complexity index is 513. The molecule has 3 heteroatoms. The minimum Gasteiger partial charge on any atom is -0.495 e. The number of rotatable bonds is 6. The zero-order valence-corrected chi connectivity index (χ0v) is 11.8. The molecule has 0 aromatic heterocycles. The first-order chi connectivity index (χ1) is 9.29. The number of hydrogen-bond donors (Lipinski definition) is 1. The molecule has 100 valence electrons. The van der Waals surface area contributed by atoms with Crippen LogP contribution in [0, 0.1) is 0 Å². The number of anilines is 1. The van der Waals surface area contributed by atoms with Crippen LogP contribution in [0.1, 0.15) is 12.0 Å². The molecule has 0 saturated heterocycles. The van der Waals surface area contributed by atoms with Gasteiger partial charge in [0.2, 0.25) is 0 Å². The minimum absolute atomic E-state index is 0.635. The second-order valence-electron chi connectivity index (χ2n) is 4.37. The summed E-state index contributed by atoms with van der Waals surface area (Å²) < 4.78 is 5.12.